The molecule has 2 heteroatoms. The summed E-state index contributed by atoms with van der Waals surface area (Å²) in [5.41, 5.74) is 3.01. The number of hydrogen-bond donors (Lipinski definition) is 0. The summed E-state index contributed by atoms with van der Waals surface area (Å²) in [6.45, 7) is 9.33. The van der Waals surface area contributed by atoms with Gasteiger partial charge in [0.15, 0.2) is 0 Å². The molecule has 0 aliphatic rings. The van der Waals surface area contributed by atoms with E-state index in [9.17, 15) is 0 Å². The van der Waals surface area contributed by atoms with Crippen LogP contribution in [-0.4, -0.2) is 20.5 Å². The lowest BCUT2D eigenvalue weighted by molar-refractivity contribution is 0.735. The fraction of sp³-hybridized carbons (Fsp3) is 0.500. The number of hydrogen-bond acceptors (Lipinski definition) is 0. The summed E-state index contributed by atoms with van der Waals surface area (Å²) in [7, 11) is 2.42. The van der Waals surface area contributed by atoms with E-state index in [1.165, 1.54) is 31.6 Å². The van der Waals surface area contributed by atoms with Crippen molar-refractivity contribution in [2.75, 3.05) is 0 Å². The van der Waals surface area contributed by atoms with Crippen LogP contribution in [0.25, 0.3) is 0 Å². The molecule has 0 radical (unpaired) electrons. The summed E-state index contributed by atoms with van der Waals surface area (Å²) >= 11 is 0. The van der Waals surface area contributed by atoms with E-state index < -0.39 is 0 Å². The molecule has 1 aromatic rings. The van der Waals surface area contributed by atoms with Gasteiger partial charge in [-0.1, -0.05) is 52.0 Å². The summed E-state index contributed by atoms with van der Waals surface area (Å²) in [4.78, 5) is 0. The molecule has 0 spiro atoms. The van der Waals surface area contributed by atoms with Crippen molar-refractivity contribution in [3.8, 4) is 0 Å². The van der Waals surface area contributed by atoms with Gasteiger partial charge < -0.3 is 0 Å². The van der Waals surface area contributed by atoms with Crippen molar-refractivity contribution in [1.82, 2.24) is 0 Å². The molecule has 0 saturated carbocycles. The van der Waals surface area contributed by atoms with Crippen LogP contribution in [0.15, 0.2) is 24.3 Å². The lowest BCUT2D eigenvalue weighted by atomic mass is 9.94. The van der Waals surface area contributed by atoms with Crippen molar-refractivity contribution < 1.29 is 0 Å². The van der Waals surface area contributed by atoms with Crippen LogP contribution in [0, 0.1) is 0 Å². The summed E-state index contributed by atoms with van der Waals surface area (Å²) in [6, 6.07) is 9.15. The molecule has 0 N–H and O–H groups in total. The molecule has 0 unspecified atom stereocenters. The Bertz CT molecular complexity index is 287. The van der Waals surface area contributed by atoms with Crippen LogP contribution < -0.4 is 0 Å². The molecule has 78 valence electrons. The third-order valence-corrected chi connectivity index (χ3v) is 3.75. The van der Waals surface area contributed by atoms with Crippen LogP contribution in [0.1, 0.15) is 38.8 Å². The third-order valence-electron chi connectivity index (χ3n) is 2.59. The summed E-state index contributed by atoms with van der Waals surface area (Å²) < 4.78 is 0. The second-order valence-electron chi connectivity index (χ2n) is 6.08. The van der Waals surface area contributed by atoms with Gasteiger partial charge in [0.05, 0.1) is 0 Å². The van der Waals surface area contributed by atoms with Crippen LogP contribution in [0.3, 0.4) is 0 Å². The predicted molar refractivity (Wildman–Crippen MR) is 72.4 cm³/mol. The lowest BCUT2D eigenvalue weighted by Gasteiger charge is -2.24. The Labute approximate surface area is 94.0 Å². The van der Waals surface area contributed by atoms with Gasteiger partial charge in [0, 0.05) is 20.5 Å². The van der Waals surface area contributed by atoms with E-state index in [0.717, 1.165) is 0 Å². The molecular weight excluding hydrogens is 200 g/mol. The zero-order valence-corrected chi connectivity index (χ0v) is 14.3. The van der Waals surface area contributed by atoms with E-state index in [-0.39, 0.29) is 0 Å². The van der Waals surface area contributed by atoms with E-state index in [2.05, 4.69) is 52.0 Å². The summed E-state index contributed by atoms with van der Waals surface area (Å²) in [5.74, 6) is 0. The first-order valence-corrected chi connectivity index (χ1v) is 7.32. The maximum absolute atomic E-state index is 2.40. The summed E-state index contributed by atoms with van der Waals surface area (Å²) in [5, 5.41) is 0.811. The minimum absolute atomic E-state index is 0.406. The Morgan fingerprint density at radius 1 is 0.857 bits per heavy atom. The largest absolute Gasteiger partial charge is 0.0617 e. The van der Waals surface area contributed by atoms with Crippen molar-refractivity contribution in [2.45, 2.75) is 37.8 Å². The van der Waals surface area contributed by atoms with Gasteiger partial charge in [0.1, 0.15) is 0 Å². The Morgan fingerprint density at radius 3 is 1.50 bits per heavy atom. The van der Waals surface area contributed by atoms with E-state index in [4.69, 9.17) is 0 Å². The molecule has 0 heterocycles. The molecule has 0 saturated heterocycles. The summed E-state index contributed by atoms with van der Waals surface area (Å²) in [6.07, 6.45) is 0. The highest BCUT2D eigenvalue weighted by atomic mass is 28.1. The smallest absolute Gasteiger partial charge is 0.0155 e. The normalized spacial score (nSPS) is 13.4. The molecule has 1 rings (SSSR count). The standard InChI is InChI=1S/C12H22Si2/c1-11(2,13)9-6-5-7-10(8-9)12(3,4)14/h5-8H,1-4,13-14H3. The molecule has 0 aromatic heterocycles. The average Bonchev–Trinajstić information content (AvgIpc) is 2.01. The highest BCUT2D eigenvalue weighted by molar-refractivity contribution is 6.16. The highest BCUT2D eigenvalue weighted by Gasteiger charge is 2.18. The third kappa shape index (κ3) is 2.82. The molecule has 0 aliphatic carbocycles. The Hall–Kier alpha value is -0.346. The van der Waals surface area contributed by atoms with Crippen LogP contribution in [0.2, 0.25) is 0 Å². The molecular formula is C12H22Si2. The molecule has 0 aliphatic heterocycles. The fourth-order valence-corrected chi connectivity index (χ4v) is 2.07. The van der Waals surface area contributed by atoms with Crippen molar-refractivity contribution in [2.24, 2.45) is 0 Å². The van der Waals surface area contributed by atoms with Gasteiger partial charge >= 0.3 is 0 Å². The molecule has 0 atom stereocenters. The van der Waals surface area contributed by atoms with Gasteiger partial charge in [-0.3, -0.25) is 0 Å². The van der Waals surface area contributed by atoms with Gasteiger partial charge in [-0.05, 0) is 21.2 Å². The first kappa shape index (κ1) is 11.7. The van der Waals surface area contributed by atoms with E-state index in [1.54, 1.807) is 0 Å². The minimum Gasteiger partial charge on any atom is -0.0617 e. The lowest BCUT2D eigenvalue weighted by Crippen LogP contribution is -2.20. The second-order valence-corrected chi connectivity index (χ2v) is 11.1. The van der Waals surface area contributed by atoms with Gasteiger partial charge in [-0.15, -0.1) is 0 Å². The fourth-order valence-electron chi connectivity index (χ4n) is 1.45. The van der Waals surface area contributed by atoms with E-state index in [1.807, 2.05) is 0 Å². The van der Waals surface area contributed by atoms with Crippen LogP contribution in [0.4, 0.5) is 0 Å². The first-order chi connectivity index (χ1) is 6.21. The van der Waals surface area contributed by atoms with Crippen LogP contribution in [0.5, 0.6) is 0 Å². The monoisotopic (exact) mass is 222 g/mol. The Kier molecular flexibility index (Phi) is 3.07. The quantitative estimate of drug-likeness (QED) is 0.652. The number of benzene rings is 1. The average molecular weight is 222 g/mol. The second kappa shape index (κ2) is 3.67. The van der Waals surface area contributed by atoms with Gasteiger partial charge in [0.2, 0.25) is 0 Å². The molecule has 0 bridgehead atoms. The van der Waals surface area contributed by atoms with Crippen LogP contribution >= 0.6 is 0 Å². The maximum Gasteiger partial charge on any atom is 0.0155 e. The van der Waals surface area contributed by atoms with E-state index in [0.29, 0.717) is 10.1 Å². The molecule has 0 fully saturated rings. The first-order valence-electron chi connectivity index (χ1n) is 5.32. The predicted octanol–water partition coefficient (Wildman–Crippen LogP) is 0.888. The maximum atomic E-state index is 2.40. The molecule has 14 heavy (non-hydrogen) atoms. The van der Waals surface area contributed by atoms with E-state index >= 15 is 0 Å². The SMILES string of the molecule is CC(C)([SiH3])c1cccc(C(C)(C)[SiH3])c1. The van der Waals surface area contributed by atoms with Gasteiger partial charge in [0.25, 0.3) is 0 Å². The van der Waals surface area contributed by atoms with Crippen molar-refractivity contribution in [3.63, 3.8) is 0 Å². The highest BCUT2D eigenvalue weighted by Crippen LogP contribution is 2.25. The Morgan fingerprint density at radius 2 is 1.21 bits per heavy atom. The minimum atomic E-state index is 0.406. The molecule has 1 aromatic carbocycles. The van der Waals surface area contributed by atoms with Crippen molar-refractivity contribution in [1.29, 1.82) is 0 Å². The Balaban J connectivity index is 3.15. The van der Waals surface area contributed by atoms with Gasteiger partial charge in [-0.25, -0.2) is 0 Å². The topological polar surface area (TPSA) is 0 Å². The van der Waals surface area contributed by atoms with Crippen molar-refractivity contribution in [3.05, 3.63) is 35.4 Å². The molecule has 0 amide bonds. The zero-order chi connectivity index (χ0) is 11.0. The zero-order valence-electron chi connectivity index (χ0n) is 10.3. The number of rotatable bonds is 2. The van der Waals surface area contributed by atoms with Gasteiger partial charge in [-0.2, -0.15) is 0 Å². The molecule has 0 nitrogen and oxygen atoms in total. The van der Waals surface area contributed by atoms with Crippen molar-refractivity contribution >= 4 is 20.5 Å². The van der Waals surface area contributed by atoms with Crippen LogP contribution in [-0.2, 0) is 10.1 Å².